The SMILES string of the molecule is CCCC(N)C(=O)NCC1(C)CCCc2ccccc21.Cl. The molecule has 0 spiro atoms. The van der Waals surface area contributed by atoms with Gasteiger partial charge in [0.05, 0.1) is 6.04 Å². The summed E-state index contributed by atoms with van der Waals surface area (Å²) in [7, 11) is 0. The molecule has 1 aromatic rings. The maximum Gasteiger partial charge on any atom is 0.236 e. The maximum absolute atomic E-state index is 12.0. The van der Waals surface area contributed by atoms with Gasteiger partial charge in [-0.15, -0.1) is 12.4 Å². The molecule has 2 unspecified atom stereocenters. The van der Waals surface area contributed by atoms with Crippen LogP contribution in [0.2, 0.25) is 0 Å². The minimum Gasteiger partial charge on any atom is -0.354 e. The predicted octanol–water partition coefficient (Wildman–Crippen LogP) is 2.95. The largest absolute Gasteiger partial charge is 0.354 e. The van der Waals surface area contributed by atoms with Gasteiger partial charge in [-0.3, -0.25) is 4.79 Å². The number of fused-ring (bicyclic) bond motifs is 1. The van der Waals surface area contributed by atoms with Gasteiger partial charge in [-0.1, -0.05) is 44.5 Å². The first-order valence-corrected chi connectivity index (χ1v) is 7.68. The normalized spacial score (nSPS) is 21.9. The molecule has 2 rings (SSSR count). The minimum atomic E-state index is -0.373. The second kappa shape index (κ2) is 7.81. The number of hydrogen-bond donors (Lipinski definition) is 2. The van der Waals surface area contributed by atoms with E-state index in [4.69, 9.17) is 5.73 Å². The molecule has 0 aromatic heterocycles. The Bertz CT molecular complexity index is 478. The number of benzene rings is 1. The van der Waals surface area contributed by atoms with E-state index in [-0.39, 0.29) is 29.8 Å². The summed E-state index contributed by atoms with van der Waals surface area (Å²) >= 11 is 0. The summed E-state index contributed by atoms with van der Waals surface area (Å²) in [6, 6.07) is 8.22. The lowest BCUT2D eigenvalue weighted by molar-refractivity contribution is -0.122. The lowest BCUT2D eigenvalue weighted by atomic mass is 9.71. The first-order chi connectivity index (χ1) is 9.57. The molecule has 0 saturated carbocycles. The lowest BCUT2D eigenvalue weighted by Crippen LogP contribution is -2.46. The summed E-state index contributed by atoms with van der Waals surface area (Å²) in [6.45, 7) is 4.97. The van der Waals surface area contributed by atoms with E-state index in [1.54, 1.807) is 0 Å². The monoisotopic (exact) mass is 310 g/mol. The first kappa shape index (κ1) is 18.0. The molecule has 1 aliphatic rings. The highest BCUT2D eigenvalue weighted by molar-refractivity contribution is 5.85. The zero-order valence-electron chi connectivity index (χ0n) is 13.0. The van der Waals surface area contributed by atoms with Crippen LogP contribution in [-0.4, -0.2) is 18.5 Å². The summed E-state index contributed by atoms with van der Waals surface area (Å²) in [5.41, 5.74) is 8.72. The van der Waals surface area contributed by atoms with Gasteiger partial charge in [-0.2, -0.15) is 0 Å². The second-order valence-electron chi connectivity index (χ2n) is 6.18. The van der Waals surface area contributed by atoms with Crippen LogP contribution < -0.4 is 11.1 Å². The number of hydrogen-bond acceptors (Lipinski definition) is 2. The Balaban J connectivity index is 0.00000220. The minimum absolute atomic E-state index is 0. The highest BCUT2D eigenvalue weighted by Crippen LogP contribution is 2.36. The standard InChI is InChI=1S/C17H26N2O.ClH/c1-3-7-15(18)16(20)19-12-17(2)11-6-9-13-8-4-5-10-14(13)17;/h4-5,8,10,15H,3,6-7,9,11-12,18H2,1-2H3,(H,19,20);1H. The Morgan fingerprint density at radius 1 is 1.43 bits per heavy atom. The zero-order chi connectivity index (χ0) is 14.6. The molecular formula is C17H27ClN2O. The van der Waals surface area contributed by atoms with Crippen LogP contribution in [-0.2, 0) is 16.6 Å². The Morgan fingerprint density at radius 3 is 2.86 bits per heavy atom. The quantitative estimate of drug-likeness (QED) is 0.878. The Hall–Kier alpha value is -1.06. The summed E-state index contributed by atoms with van der Waals surface area (Å²) in [5, 5.41) is 3.05. The van der Waals surface area contributed by atoms with Gasteiger partial charge in [-0.05, 0) is 36.8 Å². The van der Waals surface area contributed by atoms with Gasteiger partial charge >= 0.3 is 0 Å². The number of carbonyl (C=O) groups excluding carboxylic acids is 1. The molecule has 3 nitrogen and oxygen atoms in total. The van der Waals surface area contributed by atoms with E-state index in [9.17, 15) is 4.79 Å². The van der Waals surface area contributed by atoms with Gasteiger partial charge in [-0.25, -0.2) is 0 Å². The molecule has 0 bridgehead atoms. The van der Waals surface area contributed by atoms with Gasteiger partial charge in [0.25, 0.3) is 0 Å². The molecule has 4 heteroatoms. The van der Waals surface area contributed by atoms with Crippen molar-refractivity contribution in [2.45, 2.75) is 57.4 Å². The topological polar surface area (TPSA) is 55.1 Å². The van der Waals surface area contributed by atoms with Crippen LogP contribution >= 0.6 is 12.4 Å². The van der Waals surface area contributed by atoms with Crippen molar-refractivity contribution in [1.29, 1.82) is 0 Å². The summed E-state index contributed by atoms with van der Waals surface area (Å²) < 4.78 is 0. The Labute approximate surface area is 134 Å². The van der Waals surface area contributed by atoms with Crippen molar-refractivity contribution in [3.63, 3.8) is 0 Å². The molecule has 1 aromatic carbocycles. The van der Waals surface area contributed by atoms with Gasteiger partial charge in [0.1, 0.15) is 0 Å². The molecular weight excluding hydrogens is 284 g/mol. The third-order valence-electron chi connectivity index (χ3n) is 4.43. The van der Waals surface area contributed by atoms with E-state index < -0.39 is 0 Å². The first-order valence-electron chi connectivity index (χ1n) is 7.68. The van der Waals surface area contributed by atoms with Gasteiger partial charge in [0.15, 0.2) is 0 Å². The van der Waals surface area contributed by atoms with Crippen molar-refractivity contribution in [1.82, 2.24) is 5.32 Å². The average Bonchev–Trinajstić information content (AvgIpc) is 2.46. The summed E-state index contributed by atoms with van der Waals surface area (Å²) in [4.78, 5) is 12.0. The molecule has 3 N–H and O–H groups in total. The number of carbonyl (C=O) groups is 1. The molecule has 0 fully saturated rings. The number of nitrogens with one attached hydrogen (secondary N) is 1. The van der Waals surface area contributed by atoms with Crippen molar-refractivity contribution < 1.29 is 4.79 Å². The van der Waals surface area contributed by atoms with Crippen LogP contribution in [0.5, 0.6) is 0 Å². The Kier molecular flexibility index (Phi) is 6.69. The second-order valence-corrected chi connectivity index (χ2v) is 6.18. The van der Waals surface area contributed by atoms with Crippen LogP contribution in [0, 0.1) is 0 Å². The van der Waals surface area contributed by atoms with Crippen LogP contribution in [0.15, 0.2) is 24.3 Å². The predicted molar refractivity (Wildman–Crippen MR) is 89.9 cm³/mol. The third kappa shape index (κ3) is 4.21. The van der Waals surface area contributed by atoms with E-state index in [1.807, 2.05) is 6.92 Å². The zero-order valence-corrected chi connectivity index (χ0v) is 13.8. The van der Waals surface area contributed by atoms with Gasteiger partial charge in [0, 0.05) is 12.0 Å². The highest BCUT2D eigenvalue weighted by Gasteiger charge is 2.32. The molecule has 21 heavy (non-hydrogen) atoms. The molecule has 0 heterocycles. The van der Waals surface area contributed by atoms with Crippen LogP contribution in [0.1, 0.15) is 50.7 Å². The van der Waals surface area contributed by atoms with Crippen molar-refractivity contribution in [2.24, 2.45) is 5.73 Å². The highest BCUT2D eigenvalue weighted by atomic mass is 35.5. The summed E-state index contributed by atoms with van der Waals surface area (Å²) in [5.74, 6) is -0.0175. The van der Waals surface area contributed by atoms with Crippen molar-refractivity contribution in [3.05, 3.63) is 35.4 Å². The lowest BCUT2D eigenvalue weighted by Gasteiger charge is -2.36. The third-order valence-corrected chi connectivity index (χ3v) is 4.43. The fourth-order valence-electron chi connectivity index (χ4n) is 3.17. The number of rotatable bonds is 5. The number of aryl methyl sites for hydroxylation is 1. The van der Waals surface area contributed by atoms with Crippen LogP contribution in [0.3, 0.4) is 0 Å². The van der Waals surface area contributed by atoms with E-state index in [1.165, 1.54) is 17.5 Å². The van der Waals surface area contributed by atoms with E-state index in [0.717, 1.165) is 25.7 Å². The van der Waals surface area contributed by atoms with Crippen LogP contribution in [0.25, 0.3) is 0 Å². The summed E-state index contributed by atoms with van der Waals surface area (Å²) in [6.07, 6.45) is 5.14. The molecule has 2 atom stereocenters. The van der Waals surface area contributed by atoms with Crippen LogP contribution in [0.4, 0.5) is 0 Å². The molecule has 0 saturated heterocycles. The van der Waals surface area contributed by atoms with Crippen molar-refractivity contribution in [3.8, 4) is 0 Å². The number of amides is 1. The van der Waals surface area contributed by atoms with Gasteiger partial charge in [0.2, 0.25) is 5.91 Å². The van der Waals surface area contributed by atoms with E-state index in [2.05, 4.69) is 36.5 Å². The smallest absolute Gasteiger partial charge is 0.236 e. The average molecular weight is 311 g/mol. The van der Waals surface area contributed by atoms with E-state index in [0.29, 0.717) is 6.54 Å². The molecule has 0 radical (unpaired) electrons. The number of nitrogens with two attached hydrogens (primary N) is 1. The molecule has 118 valence electrons. The maximum atomic E-state index is 12.0. The van der Waals surface area contributed by atoms with Crippen molar-refractivity contribution >= 4 is 18.3 Å². The number of halogens is 1. The molecule has 1 amide bonds. The van der Waals surface area contributed by atoms with Crippen molar-refractivity contribution in [2.75, 3.05) is 6.54 Å². The fourth-order valence-corrected chi connectivity index (χ4v) is 3.17. The van der Waals surface area contributed by atoms with E-state index >= 15 is 0 Å². The fraction of sp³-hybridized carbons (Fsp3) is 0.588. The van der Waals surface area contributed by atoms with Gasteiger partial charge < -0.3 is 11.1 Å². The molecule has 1 aliphatic carbocycles. The Morgan fingerprint density at radius 2 is 2.14 bits per heavy atom. The molecule has 0 aliphatic heterocycles.